The standard InChI is InChI=1S/C13H19NO3/c1-10(15)4-2-3-9-17-12-7-5-11(6-8-12)13(14)16/h5-8,10,15H,2-4,9H2,1H3,(H2,14,16). The summed E-state index contributed by atoms with van der Waals surface area (Å²) in [5.74, 6) is 0.292. The van der Waals surface area contributed by atoms with Crippen LogP contribution in [0.2, 0.25) is 0 Å². The Hall–Kier alpha value is -1.55. The highest BCUT2D eigenvalue weighted by molar-refractivity contribution is 5.92. The van der Waals surface area contributed by atoms with Gasteiger partial charge in [-0.05, 0) is 50.5 Å². The van der Waals surface area contributed by atoms with Gasteiger partial charge in [-0.25, -0.2) is 0 Å². The second-order valence-electron chi connectivity index (χ2n) is 4.08. The zero-order valence-corrected chi connectivity index (χ0v) is 10.1. The van der Waals surface area contributed by atoms with Crippen molar-refractivity contribution in [2.45, 2.75) is 32.3 Å². The fourth-order valence-corrected chi connectivity index (χ4v) is 1.45. The van der Waals surface area contributed by atoms with Crippen molar-refractivity contribution in [3.8, 4) is 5.75 Å². The number of aliphatic hydroxyl groups excluding tert-OH is 1. The van der Waals surface area contributed by atoms with E-state index in [1.165, 1.54) is 0 Å². The molecule has 3 N–H and O–H groups in total. The first-order chi connectivity index (χ1) is 8.09. The summed E-state index contributed by atoms with van der Waals surface area (Å²) in [5.41, 5.74) is 5.61. The number of hydrogen-bond donors (Lipinski definition) is 2. The number of aliphatic hydroxyl groups is 1. The summed E-state index contributed by atoms with van der Waals surface area (Å²) in [6.45, 7) is 2.39. The molecule has 0 radical (unpaired) electrons. The summed E-state index contributed by atoms with van der Waals surface area (Å²) in [6, 6.07) is 6.75. The molecule has 0 aliphatic heterocycles. The molecule has 1 atom stereocenters. The van der Waals surface area contributed by atoms with E-state index in [0.717, 1.165) is 25.0 Å². The number of unbranched alkanes of at least 4 members (excludes halogenated alkanes) is 1. The second kappa shape index (κ2) is 6.91. The van der Waals surface area contributed by atoms with Crippen LogP contribution in [0.15, 0.2) is 24.3 Å². The summed E-state index contributed by atoms with van der Waals surface area (Å²) < 4.78 is 5.49. The number of benzene rings is 1. The van der Waals surface area contributed by atoms with Crippen molar-refractivity contribution in [3.05, 3.63) is 29.8 Å². The highest BCUT2D eigenvalue weighted by Gasteiger charge is 2.00. The molecule has 1 unspecified atom stereocenters. The molecule has 0 heterocycles. The van der Waals surface area contributed by atoms with Crippen molar-refractivity contribution in [1.82, 2.24) is 0 Å². The lowest BCUT2D eigenvalue weighted by Gasteiger charge is -2.07. The molecule has 0 aromatic heterocycles. The first kappa shape index (κ1) is 13.5. The molecule has 4 heteroatoms. The van der Waals surface area contributed by atoms with Gasteiger partial charge in [-0.3, -0.25) is 4.79 Å². The first-order valence-electron chi connectivity index (χ1n) is 5.80. The molecule has 94 valence electrons. The molecule has 0 fully saturated rings. The van der Waals surface area contributed by atoms with Gasteiger partial charge in [-0.1, -0.05) is 0 Å². The molecule has 0 bridgehead atoms. The number of rotatable bonds is 7. The molecule has 1 aromatic rings. The van der Waals surface area contributed by atoms with Crippen molar-refractivity contribution >= 4 is 5.91 Å². The van der Waals surface area contributed by atoms with Crippen molar-refractivity contribution in [2.24, 2.45) is 5.73 Å². The van der Waals surface area contributed by atoms with Crippen LogP contribution >= 0.6 is 0 Å². The van der Waals surface area contributed by atoms with Gasteiger partial charge in [0.1, 0.15) is 5.75 Å². The SMILES string of the molecule is CC(O)CCCCOc1ccc(C(N)=O)cc1. The van der Waals surface area contributed by atoms with Crippen LogP contribution in [0, 0.1) is 0 Å². The zero-order chi connectivity index (χ0) is 12.7. The molecular weight excluding hydrogens is 218 g/mol. The number of amides is 1. The number of carbonyl (C=O) groups is 1. The van der Waals surface area contributed by atoms with Crippen LogP contribution in [0.4, 0.5) is 0 Å². The van der Waals surface area contributed by atoms with E-state index in [1.54, 1.807) is 31.2 Å². The van der Waals surface area contributed by atoms with Crippen molar-refractivity contribution in [3.63, 3.8) is 0 Å². The van der Waals surface area contributed by atoms with Crippen LogP contribution in [0.25, 0.3) is 0 Å². The van der Waals surface area contributed by atoms with E-state index < -0.39 is 5.91 Å². The van der Waals surface area contributed by atoms with E-state index >= 15 is 0 Å². The molecule has 0 saturated carbocycles. The minimum absolute atomic E-state index is 0.246. The Morgan fingerprint density at radius 2 is 2.00 bits per heavy atom. The fraction of sp³-hybridized carbons (Fsp3) is 0.462. The lowest BCUT2D eigenvalue weighted by atomic mass is 10.2. The molecular formula is C13H19NO3. The molecule has 0 aliphatic rings. The van der Waals surface area contributed by atoms with Crippen molar-refractivity contribution in [1.29, 1.82) is 0 Å². The maximum absolute atomic E-state index is 10.8. The molecule has 1 amide bonds. The molecule has 0 spiro atoms. The van der Waals surface area contributed by atoms with Gasteiger partial charge in [0, 0.05) is 5.56 Å². The van der Waals surface area contributed by atoms with Gasteiger partial charge in [0.25, 0.3) is 0 Å². The Morgan fingerprint density at radius 1 is 1.35 bits per heavy atom. The van der Waals surface area contributed by atoms with Crippen LogP contribution in [0.5, 0.6) is 5.75 Å². The van der Waals surface area contributed by atoms with Gasteiger partial charge in [-0.2, -0.15) is 0 Å². The van der Waals surface area contributed by atoms with Crippen LogP contribution in [-0.2, 0) is 0 Å². The number of hydrogen-bond acceptors (Lipinski definition) is 3. The van der Waals surface area contributed by atoms with Gasteiger partial charge >= 0.3 is 0 Å². The van der Waals surface area contributed by atoms with Gasteiger partial charge in [0.05, 0.1) is 12.7 Å². The maximum Gasteiger partial charge on any atom is 0.248 e. The largest absolute Gasteiger partial charge is 0.494 e. The summed E-state index contributed by atoms with van der Waals surface area (Å²) >= 11 is 0. The summed E-state index contributed by atoms with van der Waals surface area (Å²) in [4.78, 5) is 10.8. The topological polar surface area (TPSA) is 72.6 Å². The first-order valence-corrected chi connectivity index (χ1v) is 5.80. The quantitative estimate of drug-likeness (QED) is 0.709. The highest BCUT2D eigenvalue weighted by Crippen LogP contribution is 2.12. The number of ether oxygens (including phenoxy) is 1. The third-order valence-corrected chi connectivity index (χ3v) is 2.42. The van der Waals surface area contributed by atoms with Crippen LogP contribution in [0.1, 0.15) is 36.5 Å². The third kappa shape index (κ3) is 5.36. The lowest BCUT2D eigenvalue weighted by molar-refractivity contribution is 0.1000. The Labute approximate surface area is 101 Å². The van der Waals surface area contributed by atoms with E-state index in [2.05, 4.69) is 0 Å². The van der Waals surface area contributed by atoms with Gasteiger partial charge in [-0.15, -0.1) is 0 Å². The average Bonchev–Trinajstić information content (AvgIpc) is 2.29. The average molecular weight is 237 g/mol. The van der Waals surface area contributed by atoms with Crippen LogP contribution in [-0.4, -0.2) is 23.7 Å². The summed E-state index contributed by atoms with van der Waals surface area (Å²) in [6.07, 6.45) is 2.40. The normalized spacial score (nSPS) is 12.1. The van der Waals surface area contributed by atoms with E-state index in [0.29, 0.717) is 12.2 Å². The minimum atomic E-state index is -0.437. The van der Waals surface area contributed by atoms with Crippen molar-refractivity contribution in [2.75, 3.05) is 6.61 Å². The molecule has 17 heavy (non-hydrogen) atoms. The smallest absolute Gasteiger partial charge is 0.248 e. The fourth-order valence-electron chi connectivity index (χ4n) is 1.45. The number of nitrogens with two attached hydrogens (primary N) is 1. The molecule has 1 aromatic carbocycles. The third-order valence-electron chi connectivity index (χ3n) is 2.42. The van der Waals surface area contributed by atoms with Gasteiger partial charge in [0.2, 0.25) is 5.91 Å². The molecule has 0 aliphatic carbocycles. The maximum atomic E-state index is 10.8. The molecule has 0 saturated heterocycles. The molecule has 1 rings (SSSR count). The predicted molar refractivity (Wildman–Crippen MR) is 66.0 cm³/mol. The van der Waals surface area contributed by atoms with E-state index in [9.17, 15) is 4.79 Å². The van der Waals surface area contributed by atoms with Crippen LogP contribution in [0.3, 0.4) is 0 Å². The molecule has 4 nitrogen and oxygen atoms in total. The second-order valence-corrected chi connectivity index (χ2v) is 4.08. The predicted octanol–water partition coefficient (Wildman–Crippen LogP) is 1.72. The Balaban J connectivity index is 2.25. The van der Waals surface area contributed by atoms with E-state index in [-0.39, 0.29) is 6.10 Å². The minimum Gasteiger partial charge on any atom is -0.494 e. The number of carbonyl (C=O) groups excluding carboxylic acids is 1. The highest BCUT2D eigenvalue weighted by atomic mass is 16.5. The van der Waals surface area contributed by atoms with E-state index in [4.69, 9.17) is 15.6 Å². The monoisotopic (exact) mass is 237 g/mol. The zero-order valence-electron chi connectivity index (χ0n) is 10.1. The summed E-state index contributed by atoms with van der Waals surface area (Å²) in [5, 5.41) is 9.07. The number of primary amides is 1. The summed E-state index contributed by atoms with van der Waals surface area (Å²) in [7, 11) is 0. The van der Waals surface area contributed by atoms with Gasteiger partial charge < -0.3 is 15.6 Å². The van der Waals surface area contributed by atoms with E-state index in [1.807, 2.05) is 0 Å². The van der Waals surface area contributed by atoms with Crippen molar-refractivity contribution < 1.29 is 14.6 Å². The van der Waals surface area contributed by atoms with Gasteiger partial charge in [0.15, 0.2) is 0 Å². The van der Waals surface area contributed by atoms with Crippen LogP contribution < -0.4 is 10.5 Å². The Bertz CT molecular complexity index is 346. The Kier molecular flexibility index (Phi) is 5.49. The lowest BCUT2D eigenvalue weighted by Crippen LogP contribution is -2.10. The Morgan fingerprint density at radius 3 is 2.53 bits per heavy atom.